The number of ether oxygens (including phenoxy) is 1. The summed E-state index contributed by atoms with van der Waals surface area (Å²) in [6, 6.07) is 8.86. The Morgan fingerprint density at radius 3 is 2.58 bits per heavy atom. The van der Waals surface area contributed by atoms with E-state index in [1.807, 2.05) is 12.1 Å². The fourth-order valence-corrected chi connectivity index (χ4v) is 3.97. The molecule has 2 saturated carbocycles. The summed E-state index contributed by atoms with van der Waals surface area (Å²) in [5, 5.41) is 3.72. The third-order valence-electron chi connectivity index (χ3n) is 5.19. The van der Waals surface area contributed by atoms with E-state index in [-0.39, 0.29) is 0 Å². The van der Waals surface area contributed by atoms with E-state index in [0.717, 1.165) is 23.5 Å². The first kappa shape index (κ1) is 13.0. The number of fused-ring (bicyclic) bond motifs is 2. The highest BCUT2D eigenvalue weighted by Gasteiger charge is 2.39. The Morgan fingerprint density at radius 2 is 2.00 bits per heavy atom. The Balaban J connectivity index is 1.51. The van der Waals surface area contributed by atoms with Crippen molar-refractivity contribution in [2.75, 3.05) is 13.7 Å². The molecule has 1 aromatic rings. The minimum Gasteiger partial charge on any atom is -0.497 e. The average Bonchev–Trinajstić information content (AvgIpc) is 3.07. The van der Waals surface area contributed by atoms with Gasteiger partial charge in [-0.1, -0.05) is 18.6 Å². The molecule has 3 rings (SSSR count). The number of hydrogen-bond acceptors (Lipinski definition) is 2. The maximum Gasteiger partial charge on any atom is 0.118 e. The van der Waals surface area contributed by atoms with Crippen molar-refractivity contribution in [2.24, 2.45) is 17.8 Å². The molecular formula is C17H25NO. The van der Waals surface area contributed by atoms with Gasteiger partial charge in [0.2, 0.25) is 0 Å². The Bertz CT molecular complexity index is 414. The van der Waals surface area contributed by atoms with Crippen LogP contribution in [0.15, 0.2) is 24.3 Å². The minimum absolute atomic E-state index is 0.435. The van der Waals surface area contributed by atoms with Gasteiger partial charge >= 0.3 is 0 Å². The number of benzene rings is 1. The molecule has 104 valence electrons. The molecule has 1 aromatic carbocycles. The lowest BCUT2D eigenvalue weighted by molar-refractivity contribution is 0.309. The maximum atomic E-state index is 5.20. The molecule has 0 radical (unpaired) electrons. The van der Waals surface area contributed by atoms with E-state index in [1.165, 1.54) is 37.8 Å². The number of methoxy groups -OCH3 is 1. The molecule has 3 unspecified atom stereocenters. The van der Waals surface area contributed by atoms with E-state index in [9.17, 15) is 0 Å². The van der Waals surface area contributed by atoms with Gasteiger partial charge in [-0.05, 0) is 68.2 Å². The summed E-state index contributed by atoms with van der Waals surface area (Å²) in [7, 11) is 1.71. The Morgan fingerprint density at radius 1 is 1.21 bits per heavy atom. The molecule has 1 N–H and O–H groups in total. The zero-order valence-corrected chi connectivity index (χ0v) is 12.1. The zero-order valence-electron chi connectivity index (χ0n) is 12.1. The van der Waals surface area contributed by atoms with Crippen LogP contribution in [-0.4, -0.2) is 13.7 Å². The van der Waals surface area contributed by atoms with Gasteiger partial charge in [-0.25, -0.2) is 0 Å². The van der Waals surface area contributed by atoms with E-state index in [0.29, 0.717) is 6.04 Å². The summed E-state index contributed by atoms with van der Waals surface area (Å²) in [5.74, 6) is 3.93. The van der Waals surface area contributed by atoms with E-state index in [4.69, 9.17) is 4.74 Å². The molecule has 0 aromatic heterocycles. The average molecular weight is 259 g/mol. The van der Waals surface area contributed by atoms with Crippen molar-refractivity contribution in [3.63, 3.8) is 0 Å². The first-order valence-electron chi connectivity index (χ1n) is 7.63. The van der Waals surface area contributed by atoms with Gasteiger partial charge < -0.3 is 10.1 Å². The van der Waals surface area contributed by atoms with Crippen LogP contribution in [0.3, 0.4) is 0 Å². The van der Waals surface area contributed by atoms with Crippen molar-refractivity contribution in [3.8, 4) is 5.75 Å². The van der Waals surface area contributed by atoms with Gasteiger partial charge in [0, 0.05) is 6.04 Å². The second-order valence-electron chi connectivity index (χ2n) is 6.34. The van der Waals surface area contributed by atoms with Crippen molar-refractivity contribution in [1.29, 1.82) is 0 Å². The summed E-state index contributed by atoms with van der Waals surface area (Å²) in [4.78, 5) is 0. The quantitative estimate of drug-likeness (QED) is 0.869. The van der Waals surface area contributed by atoms with Gasteiger partial charge in [-0.3, -0.25) is 0 Å². The fourth-order valence-electron chi connectivity index (χ4n) is 3.97. The molecule has 0 heterocycles. The molecule has 0 aliphatic heterocycles. The van der Waals surface area contributed by atoms with Gasteiger partial charge in [0.15, 0.2) is 0 Å². The van der Waals surface area contributed by atoms with Gasteiger partial charge in [-0.15, -0.1) is 0 Å². The van der Waals surface area contributed by atoms with E-state index < -0.39 is 0 Å². The minimum atomic E-state index is 0.435. The van der Waals surface area contributed by atoms with Gasteiger partial charge in [0.1, 0.15) is 5.75 Å². The molecule has 2 nitrogen and oxygen atoms in total. The number of nitrogens with one attached hydrogen (secondary N) is 1. The van der Waals surface area contributed by atoms with Crippen molar-refractivity contribution in [3.05, 3.63) is 29.8 Å². The first-order chi connectivity index (χ1) is 9.26. The van der Waals surface area contributed by atoms with Crippen LogP contribution in [0.2, 0.25) is 0 Å². The predicted molar refractivity (Wildman–Crippen MR) is 78.3 cm³/mol. The largest absolute Gasteiger partial charge is 0.497 e. The summed E-state index contributed by atoms with van der Waals surface area (Å²) in [5.41, 5.74) is 1.35. The van der Waals surface area contributed by atoms with E-state index in [1.54, 1.807) is 7.11 Å². The highest BCUT2D eigenvalue weighted by Crippen LogP contribution is 2.48. The molecule has 4 atom stereocenters. The van der Waals surface area contributed by atoms with Crippen LogP contribution in [0.5, 0.6) is 5.75 Å². The van der Waals surface area contributed by atoms with Crippen molar-refractivity contribution in [2.45, 2.75) is 38.6 Å². The fraction of sp³-hybridized carbons (Fsp3) is 0.647. The molecule has 2 aliphatic rings. The molecule has 19 heavy (non-hydrogen) atoms. The van der Waals surface area contributed by atoms with Crippen molar-refractivity contribution < 1.29 is 4.74 Å². The van der Waals surface area contributed by atoms with Crippen LogP contribution in [0.1, 0.15) is 44.2 Å². The molecular weight excluding hydrogens is 234 g/mol. The lowest BCUT2D eigenvalue weighted by atomic mass is 9.88. The molecule has 2 aliphatic carbocycles. The van der Waals surface area contributed by atoms with Crippen LogP contribution < -0.4 is 10.1 Å². The summed E-state index contributed by atoms with van der Waals surface area (Å²) in [6.07, 6.45) is 5.94. The second-order valence-corrected chi connectivity index (χ2v) is 6.34. The maximum absolute atomic E-state index is 5.20. The summed E-state index contributed by atoms with van der Waals surface area (Å²) >= 11 is 0. The SMILES string of the molecule is COc1ccc([C@H](C)NCC2CC3CCC2C3)cc1. The number of hydrogen-bond donors (Lipinski definition) is 1. The predicted octanol–water partition coefficient (Wildman–Crippen LogP) is 3.78. The molecule has 2 bridgehead atoms. The van der Waals surface area contributed by atoms with E-state index >= 15 is 0 Å². The van der Waals surface area contributed by atoms with E-state index in [2.05, 4.69) is 24.4 Å². The Kier molecular flexibility index (Phi) is 3.79. The normalized spacial score (nSPS) is 30.5. The molecule has 2 fully saturated rings. The zero-order chi connectivity index (χ0) is 13.2. The molecule has 0 amide bonds. The summed E-state index contributed by atoms with van der Waals surface area (Å²) in [6.45, 7) is 3.45. The number of rotatable bonds is 5. The molecule has 0 saturated heterocycles. The van der Waals surface area contributed by atoms with Crippen LogP contribution in [0.4, 0.5) is 0 Å². The lowest BCUT2D eigenvalue weighted by Crippen LogP contribution is -2.28. The van der Waals surface area contributed by atoms with Crippen LogP contribution in [0.25, 0.3) is 0 Å². The lowest BCUT2D eigenvalue weighted by Gasteiger charge is -2.24. The highest BCUT2D eigenvalue weighted by molar-refractivity contribution is 5.28. The Labute approximate surface area is 116 Å². The molecule has 0 spiro atoms. The third kappa shape index (κ3) is 2.79. The van der Waals surface area contributed by atoms with Gasteiger partial charge in [0.05, 0.1) is 7.11 Å². The molecule has 2 heteroatoms. The van der Waals surface area contributed by atoms with Crippen LogP contribution in [-0.2, 0) is 0 Å². The first-order valence-corrected chi connectivity index (χ1v) is 7.63. The van der Waals surface area contributed by atoms with Crippen molar-refractivity contribution >= 4 is 0 Å². The topological polar surface area (TPSA) is 21.3 Å². The van der Waals surface area contributed by atoms with Gasteiger partial charge in [0.25, 0.3) is 0 Å². The van der Waals surface area contributed by atoms with Crippen molar-refractivity contribution in [1.82, 2.24) is 5.32 Å². The third-order valence-corrected chi connectivity index (χ3v) is 5.19. The smallest absolute Gasteiger partial charge is 0.118 e. The highest BCUT2D eigenvalue weighted by atomic mass is 16.5. The Hall–Kier alpha value is -1.02. The monoisotopic (exact) mass is 259 g/mol. The second kappa shape index (κ2) is 5.54. The van der Waals surface area contributed by atoms with Gasteiger partial charge in [-0.2, -0.15) is 0 Å². The standard InChI is InChI=1S/C17H25NO/c1-12(14-5-7-17(19-2)8-6-14)18-11-16-10-13-3-4-15(16)9-13/h5-8,12-13,15-16,18H,3-4,9-11H2,1-2H3/t12-,13?,15?,16?/m0/s1. The summed E-state index contributed by atoms with van der Waals surface area (Å²) < 4.78 is 5.20. The van der Waals surface area contributed by atoms with Crippen LogP contribution in [0, 0.1) is 17.8 Å². The van der Waals surface area contributed by atoms with Crippen LogP contribution >= 0.6 is 0 Å².